The molecule has 1 saturated carbocycles. The van der Waals surface area contributed by atoms with Crippen molar-refractivity contribution in [2.75, 3.05) is 18.0 Å². The van der Waals surface area contributed by atoms with Crippen molar-refractivity contribution >= 4 is 23.6 Å². The number of benzene rings is 1. The molecule has 0 atom stereocenters. The number of carbonyl (C=O) groups excluding carboxylic acids is 1. The van der Waals surface area contributed by atoms with Crippen LogP contribution in [0.25, 0.3) is 0 Å². The van der Waals surface area contributed by atoms with Gasteiger partial charge in [0, 0.05) is 29.4 Å². The Balaban J connectivity index is 2.19. The average Bonchev–Trinajstić information content (AvgIpc) is 2.29. The fourth-order valence-corrected chi connectivity index (χ4v) is 2.47. The summed E-state index contributed by atoms with van der Waals surface area (Å²) in [6, 6.07) is 5.55. The normalized spacial score (nSPS) is 15.4. The number of halogens is 1. The zero-order valence-electron chi connectivity index (χ0n) is 10.2. The first-order chi connectivity index (χ1) is 8.24. The molecule has 3 heteroatoms. The Morgan fingerprint density at radius 3 is 2.76 bits per heavy atom. The molecule has 1 aliphatic rings. The Labute approximate surface area is 108 Å². The molecule has 1 fully saturated rings. The van der Waals surface area contributed by atoms with Gasteiger partial charge in [0.25, 0.3) is 0 Å². The van der Waals surface area contributed by atoms with E-state index < -0.39 is 0 Å². The van der Waals surface area contributed by atoms with Crippen molar-refractivity contribution in [1.29, 1.82) is 0 Å². The molecule has 0 unspecified atom stereocenters. The van der Waals surface area contributed by atoms with Gasteiger partial charge in [0.2, 0.25) is 0 Å². The third-order valence-corrected chi connectivity index (χ3v) is 3.78. The van der Waals surface area contributed by atoms with Crippen molar-refractivity contribution in [1.82, 2.24) is 0 Å². The minimum atomic E-state index is 0.621. The summed E-state index contributed by atoms with van der Waals surface area (Å²) in [5, 5.41) is 0.621. The van der Waals surface area contributed by atoms with Crippen molar-refractivity contribution in [3.8, 4) is 0 Å². The van der Waals surface area contributed by atoms with Crippen LogP contribution >= 0.6 is 11.6 Å². The summed E-state index contributed by atoms with van der Waals surface area (Å²) in [5.74, 6) is 0.796. The van der Waals surface area contributed by atoms with Gasteiger partial charge in [-0.2, -0.15) is 0 Å². The van der Waals surface area contributed by atoms with Crippen LogP contribution in [-0.2, 0) is 0 Å². The molecular weight excluding hydrogens is 234 g/mol. The van der Waals surface area contributed by atoms with Crippen LogP contribution < -0.4 is 4.90 Å². The standard InChI is InChI=1S/C14H18ClNO/c1-2-16(9-11-4-3-5-11)14-7-6-13(15)8-12(14)10-17/h6-8,10-11H,2-5,9H2,1H3. The van der Waals surface area contributed by atoms with Gasteiger partial charge in [-0.1, -0.05) is 18.0 Å². The molecule has 0 spiro atoms. The highest BCUT2D eigenvalue weighted by atomic mass is 35.5. The highest BCUT2D eigenvalue weighted by molar-refractivity contribution is 6.31. The van der Waals surface area contributed by atoms with E-state index in [1.165, 1.54) is 19.3 Å². The summed E-state index contributed by atoms with van der Waals surface area (Å²) in [6.45, 7) is 4.11. The van der Waals surface area contributed by atoms with Crippen molar-refractivity contribution in [2.45, 2.75) is 26.2 Å². The molecule has 0 amide bonds. The third-order valence-electron chi connectivity index (χ3n) is 3.54. The van der Waals surface area contributed by atoms with Gasteiger partial charge in [-0.15, -0.1) is 0 Å². The maximum atomic E-state index is 11.1. The van der Waals surface area contributed by atoms with Crippen molar-refractivity contribution in [3.63, 3.8) is 0 Å². The van der Waals surface area contributed by atoms with Crippen molar-refractivity contribution in [2.24, 2.45) is 5.92 Å². The number of anilines is 1. The third kappa shape index (κ3) is 2.81. The van der Waals surface area contributed by atoms with Crippen LogP contribution in [0.1, 0.15) is 36.5 Å². The van der Waals surface area contributed by atoms with E-state index in [2.05, 4.69) is 11.8 Å². The molecule has 0 aromatic heterocycles. The van der Waals surface area contributed by atoms with Gasteiger partial charge in [-0.05, 0) is 43.9 Å². The lowest BCUT2D eigenvalue weighted by molar-refractivity contribution is 0.112. The predicted molar refractivity (Wildman–Crippen MR) is 72.1 cm³/mol. The first kappa shape index (κ1) is 12.4. The fraction of sp³-hybridized carbons (Fsp3) is 0.500. The average molecular weight is 252 g/mol. The molecular formula is C14H18ClNO. The number of rotatable bonds is 5. The summed E-state index contributed by atoms with van der Waals surface area (Å²) in [4.78, 5) is 13.4. The van der Waals surface area contributed by atoms with E-state index in [0.29, 0.717) is 10.6 Å². The summed E-state index contributed by atoms with van der Waals surface area (Å²) in [7, 11) is 0. The molecule has 0 N–H and O–H groups in total. The molecule has 17 heavy (non-hydrogen) atoms. The molecule has 1 aromatic carbocycles. The van der Waals surface area contributed by atoms with Gasteiger partial charge in [-0.25, -0.2) is 0 Å². The molecule has 0 bridgehead atoms. The molecule has 0 radical (unpaired) electrons. The first-order valence-electron chi connectivity index (χ1n) is 6.24. The number of hydrogen-bond donors (Lipinski definition) is 0. The van der Waals surface area contributed by atoms with Crippen molar-refractivity contribution < 1.29 is 4.79 Å². The molecule has 1 aliphatic carbocycles. The van der Waals surface area contributed by atoms with Crippen LogP contribution in [0.2, 0.25) is 5.02 Å². The van der Waals surface area contributed by atoms with Crippen LogP contribution in [0, 0.1) is 5.92 Å². The Hall–Kier alpha value is -1.02. The van der Waals surface area contributed by atoms with E-state index in [4.69, 9.17) is 11.6 Å². The lowest BCUT2D eigenvalue weighted by Gasteiger charge is -2.33. The lowest BCUT2D eigenvalue weighted by Crippen LogP contribution is -2.33. The monoisotopic (exact) mass is 251 g/mol. The Morgan fingerprint density at radius 1 is 1.47 bits per heavy atom. The smallest absolute Gasteiger partial charge is 0.152 e. The topological polar surface area (TPSA) is 20.3 Å². The second-order valence-corrected chi connectivity index (χ2v) is 5.09. The molecule has 0 aliphatic heterocycles. The summed E-state index contributed by atoms with van der Waals surface area (Å²) in [6.07, 6.45) is 4.88. The quantitative estimate of drug-likeness (QED) is 0.743. The maximum Gasteiger partial charge on any atom is 0.152 e. The second kappa shape index (κ2) is 5.54. The number of carbonyl (C=O) groups is 1. The van der Waals surface area contributed by atoms with Gasteiger partial charge in [0.05, 0.1) is 0 Å². The Morgan fingerprint density at radius 2 is 2.24 bits per heavy atom. The van der Waals surface area contributed by atoms with E-state index >= 15 is 0 Å². The molecule has 0 heterocycles. The summed E-state index contributed by atoms with van der Waals surface area (Å²) >= 11 is 5.91. The first-order valence-corrected chi connectivity index (χ1v) is 6.62. The SMILES string of the molecule is CCN(CC1CCC1)c1ccc(Cl)cc1C=O. The molecule has 1 aromatic rings. The van der Waals surface area contributed by atoms with Crippen LogP contribution in [0.3, 0.4) is 0 Å². The second-order valence-electron chi connectivity index (χ2n) is 4.66. The molecule has 2 nitrogen and oxygen atoms in total. The van der Waals surface area contributed by atoms with Gasteiger partial charge >= 0.3 is 0 Å². The van der Waals surface area contributed by atoms with E-state index in [9.17, 15) is 4.79 Å². The Bertz CT molecular complexity index is 401. The van der Waals surface area contributed by atoms with Crippen molar-refractivity contribution in [3.05, 3.63) is 28.8 Å². The molecule has 92 valence electrons. The maximum absolute atomic E-state index is 11.1. The summed E-state index contributed by atoms with van der Waals surface area (Å²) < 4.78 is 0. The minimum Gasteiger partial charge on any atom is -0.371 e. The van der Waals surface area contributed by atoms with Crippen LogP contribution in [0.15, 0.2) is 18.2 Å². The van der Waals surface area contributed by atoms with Crippen LogP contribution in [-0.4, -0.2) is 19.4 Å². The van der Waals surface area contributed by atoms with E-state index in [1.54, 1.807) is 6.07 Å². The summed E-state index contributed by atoms with van der Waals surface area (Å²) in [5.41, 5.74) is 1.71. The molecule has 0 saturated heterocycles. The van der Waals surface area contributed by atoms with Crippen LogP contribution in [0.4, 0.5) is 5.69 Å². The van der Waals surface area contributed by atoms with Gasteiger partial charge in [0.15, 0.2) is 6.29 Å². The van der Waals surface area contributed by atoms with E-state index in [0.717, 1.165) is 31.0 Å². The van der Waals surface area contributed by atoms with Gasteiger partial charge < -0.3 is 4.90 Å². The highest BCUT2D eigenvalue weighted by Crippen LogP contribution is 2.30. The zero-order chi connectivity index (χ0) is 12.3. The molecule has 2 rings (SSSR count). The van der Waals surface area contributed by atoms with Gasteiger partial charge in [0.1, 0.15) is 0 Å². The zero-order valence-corrected chi connectivity index (χ0v) is 10.9. The lowest BCUT2D eigenvalue weighted by atomic mass is 9.85. The number of hydrogen-bond acceptors (Lipinski definition) is 2. The fourth-order valence-electron chi connectivity index (χ4n) is 2.29. The van der Waals surface area contributed by atoms with Crippen LogP contribution in [0.5, 0.6) is 0 Å². The Kier molecular flexibility index (Phi) is 4.06. The van der Waals surface area contributed by atoms with E-state index in [1.807, 2.05) is 12.1 Å². The van der Waals surface area contributed by atoms with Gasteiger partial charge in [-0.3, -0.25) is 4.79 Å². The number of nitrogens with zero attached hydrogens (tertiary/aromatic N) is 1. The minimum absolute atomic E-state index is 0.621. The number of aldehydes is 1. The highest BCUT2D eigenvalue weighted by Gasteiger charge is 2.21. The van der Waals surface area contributed by atoms with E-state index in [-0.39, 0.29) is 0 Å². The predicted octanol–water partition coefficient (Wildman–Crippen LogP) is 3.78. The largest absolute Gasteiger partial charge is 0.371 e.